The van der Waals surface area contributed by atoms with Gasteiger partial charge in [-0.2, -0.15) is 0 Å². The summed E-state index contributed by atoms with van der Waals surface area (Å²) in [6.45, 7) is 6.09. The average molecular weight is 231 g/mol. The molecule has 0 atom stereocenters. The van der Waals surface area contributed by atoms with Crippen molar-refractivity contribution < 1.29 is 4.79 Å². The van der Waals surface area contributed by atoms with Crippen molar-refractivity contribution in [3.05, 3.63) is 35.4 Å². The molecule has 0 unspecified atom stereocenters. The molecule has 1 heterocycles. The maximum atomic E-state index is 11.7. The van der Waals surface area contributed by atoms with Crippen molar-refractivity contribution in [1.82, 2.24) is 4.90 Å². The summed E-state index contributed by atoms with van der Waals surface area (Å²) in [5.41, 5.74) is 2.60. The van der Waals surface area contributed by atoms with Crippen molar-refractivity contribution in [3.8, 4) is 0 Å². The van der Waals surface area contributed by atoms with E-state index in [-0.39, 0.29) is 0 Å². The SMILES string of the molecule is CC(C)c1ccc(CN2CCCCC2=O)cc1. The Hall–Kier alpha value is -1.31. The zero-order valence-corrected chi connectivity index (χ0v) is 10.8. The highest BCUT2D eigenvalue weighted by Crippen LogP contribution is 2.17. The number of hydrogen-bond acceptors (Lipinski definition) is 1. The predicted molar refractivity (Wildman–Crippen MR) is 69.8 cm³/mol. The first kappa shape index (κ1) is 12.2. The molecule has 1 aliphatic heterocycles. The summed E-state index contributed by atoms with van der Waals surface area (Å²) in [6.07, 6.45) is 2.93. The first-order valence-corrected chi connectivity index (χ1v) is 6.53. The van der Waals surface area contributed by atoms with Gasteiger partial charge in [0.15, 0.2) is 0 Å². The van der Waals surface area contributed by atoms with Gasteiger partial charge in [-0.25, -0.2) is 0 Å². The fourth-order valence-electron chi connectivity index (χ4n) is 2.26. The lowest BCUT2D eigenvalue weighted by atomic mass is 10.0. The molecule has 0 N–H and O–H groups in total. The largest absolute Gasteiger partial charge is 0.338 e. The third kappa shape index (κ3) is 3.09. The van der Waals surface area contributed by atoms with Crippen molar-refractivity contribution >= 4 is 5.91 Å². The molecule has 2 rings (SSSR count). The highest BCUT2D eigenvalue weighted by Gasteiger charge is 2.17. The summed E-state index contributed by atoms with van der Waals surface area (Å²) >= 11 is 0. The number of likely N-dealkylation sites (tertiary alicyclic amines) is 1. The smallest absolute Gasteiger partial charge is 0.222 e. The van der Waals surface area contributed by atoms with Crippen molar-refractivity contribution in [2.24, 2.45) is 0 Å². The molecule has 17 heavy (non-hydrogen) atoms. The summed E-state index contributed by atoms with van der Waals surface area (Å²) in [5, 5.41) is 0. The lowest BCUT2D eigenvalue weighted by Crippen LogP contribution is -2.34. The number of hydrogen-bond donors (Lipinski definition) is 0. The highest BCUT2D eigenvalue weighted by atomic mass is 16.2. The number of carbonyl (C=O) groups is 1. The standard InChI is InChI=1S/C15H21NO/c1-12(2)14-8-6-13(7-9-14)11-16-10-4-3-5-15(16)17/h6-9,12H,3-5,10-11H2,1-2H3. The molecular weight excluding hydrogens is 210 g/mol. The van der Waals surface area contributed by atoms with Gasteiger partial charge in [0.1, 0.15) is 0 Å². The number of benzene rings is 1. The number of piperidine rings is 1. The third-order valence-electron chi connectivity index (χ3n) is 3.44. The van der Waals surface area contributed by atoms with Crippen LogP contribution in [0.2, 0.25) is 0 Å². The molecule has 0 radical (unpaired) electrons. The van der Waals surface area contributed by atoms with Gasteiger partial charge in [0.05, 0.1) is 0 Å². The van der Waals surface area contributed by atoms with Crippen LogP contribution in [-0.4, -0.2) is 17.4 Å². The second-order valence-electron chi connectivity index (χ2n) is 5.17. The normalized spacial score (nSPS) is 16.6. The van der Waals surface area contributed by atoms with Crippen LogP contribution in [0.15, 0.2) is 24.3 Å². The Bertz CT molecular complexity index is 380. The lowest BCUT2D eigenvalue weighted by Gasteiger charge is -2.26. The van der Waals surface area contributed by atoms with Crippen LogP contribution in [0.5, 0.6) is 0 Å². The minimum Gasteiger partial charge on any atom is -0.338 e. The first-order chi connectivity index (χ1) is 8.16. The van der Waals surface area contributed by atoms with Crippen molar-refractivity contribution in [2.75, 3.05) is 6.54 Å². The van der Waals surface area contributed by atoms with Crippen molar-refractivity contribution in [2.45, 2.75) is 45.6 Å². The third-order valence-corrected chi connectivity index (χ3v) is 3.44. The van der Waals surface area contributed by atoms with Gasteiger partial charge >= 0.3 is 0 Å². The van der Waals surface area contributed by atoms with Crippen LogP contribution >= 0.6 is 0 Å². The van der Waals surface area contributed by atoms with Crippen LogP contribution in [-0.2, 0) is 11.3 Å². The zero-order valence-electron chi connectivity index (χ0n) is 10.8. The van der Waals surface area contributed by atoms with Crippen LogP contribution in [0.25, 0.3) is 0 Å². The Balaban J connectivity index is 2.00. The van der Waals surface area contributed by atoms with Gasteiger partial charge in [0.25, 0.3) is 0 Å². The van der Waals surface area contributed by atoms with E-state index in [1.54, 1.807) is 0 Å². The molecule has 0 saturated carbocycles. The molecule has 92 valence electrons. The van der Waals surface area contributed by atoms with E-state index < -0.39 is 0 Å². The van der Waals surface area contributed by atoms with Gasteiger partial charge in [0, 0.05) is 19.5 Å². The van der Waals surface area contributed by atoms with E-state index in [0.29, 0.717) is 11.8 Å². The van der Waals surface area contributed by atoms with Gasteiger partial charge in [0.2, 0.25) is 5.91 Å². The van der Waals surface area contributed by atoms with Crippen LogP contribution in [0.3, 0.4) is 0 Å². The Morgan fingerprint density at radius 3 is 2.47 bits per heavy atom. The monoisotopic (exact) mass is 231 g/mol. The molecule has 1 saturated heterocycles. The first-order valence-electron chi connectivity index (χ1n) is 6.53. The predicted octanol–water partition coefficient (Wildman–Crippen LogP) is 3.32. The fraction of sp³-hybridized carbons (Fsp3) is 0.533. The second kappa shape index (κ2) is 5.35. The number of amides is 1. The number of rotatable bonds is 3. The van der Waals surface area contributed by atoms with Gasteiger partial charge in [-0.1, -0.05) is 38.1 Å². The zero-order chi connectivity index (χ0) is 12.3. The summed E-state index contributed by atoms with van der Waals surface area (Å²) in [7, 11) is 0. The van der Waals surface area contributed by atoms with E-state index in [9.17, 15) is 4.79 Å². The Morgan fingerprint density at radius 1 is 1.18 bits per heavy atom. The van der Waals surface area contributed by atoms with Gasteiger partial charge in [-0.3, -0.25) is 4.79 Å². The molecule has 1 aromatic rings. The Morgan fingerprint density at radius 2 is 1.88 bits per heavy atom. The molecule has 1 aliphatic rings. The molecule has 1 amide bonds. The average Bonchev–Trinajstić information content (AvgIpc) is 2.33. The summed E-state index contributed by atoms with van der Waals surface area (Å²) in [5.74, 6) is 0.879. The Kier molecular flexibility index (Phi) is 3.82. The molecule has 2 nitrogen and oxygen atoms in total. The topological polar surface area (TPSA) is 20.3 Å². The van der Waals surface area contributed by atoms with Gasteiger partial charge in [-0.15, -0.1) is 0 Å². The highest BCUT2D eigenvalue weighted by molar-refractivity contribution is 5.76. The van der Waals surface area contributed by atoms with E-state index in [4.69, 9.17) is 0 Å². The molecule has 2 heteroatoms. The molecule has 0 aliphatic carbocycles. The molecular formula is C15H21NO. The molecule has 1 fully saturated rings. The van der Waals surface area contributed by atoms with Crippen LogP contribution in [0.1, 0.15) is 50.2 Å². The van der Waals surface area contributed by atoms with Crippen LogP contribution < -0.4 is 0 Å². The second-order valence-corrected chi connectivity index (χ2v) is 5.17. The molecule has 0 bridgehead atoms. The van der Waals surface area contributed by atoms with E-state index in [0.717, 1.165) is 32.4 Å². The summed E-state index contributed by atoms with van der Waals surface area (Å²) in [4.78, 5) is 13.7. The fourth-order valence-corrected chi connectivity index (χ4v) is 2.26. The van der Waals surface area contributed by atoms with Gasteiger partial charge in [-0.05, 0) is 29.9 Å². The maximum Gasteiger partial charge on any atom is 0.222 e. The number of carbonyl (C=O) groups excluding carboxylic acids is 1. The van der Waals surface area contributed by atoms with Crippen molar-refractivity contribution in [3.63, 3.8) is 0 Å². The maximum absolute atomic E-state index is 11.7. The van der Waals surface area contributed by atoms with Crippen LogP contribution in [0, 0.1) is 0 Å². The van der Waals surface area contributed by atoms with E-state index in [1.165, 1.54) is 11.1 Å². The minimum atomic E-state index is 0.309. The number of nitrogens with zero attached hydrogens (tertiary/aromatic N) is 1. The molecule has 0 aromatic heterocycles. The summed E-state index contributed by atoms with van der Waals surface area (Å²) in [6, 6.07) is 8.65. The quantitative estimate of drug-likeness (QED) is 0.781. The van der Waals surface area contributed by atoms with E-state index >= 15 is 0 Å². The lowest BCUT2D eigenvalue weighted by molar-refractivity contribution is -0.133. The molecule has 1 aromatic carbocycles. The minimum absolute atomic E-state index is 0.309. The Labute approximate surface area is 104 Å². The van der Waals surface area contributed by atoms with Crippen molar-refractivity contribution in [1.29, 1.82) is 0 Å². The van der Waals surface area contributed by atoms with E-state index in [2.05, 4.69) is 38.1 Å². The summed E-state index contributed by atoms with van der Waals surface area (Å²) < 4.78 is 0. The van der Waals surface area contributed by atoms with Gasteiger partial charge < -0.3 is 4.90 Å². The van der Waals surface area contributed by atoms with Crippen LogP contribution in [0.4, 0.5) is 0 Å². The van der Waals surface area contributed by atoms with E-state index in [1.807, 2.05) is 4.90 Å². The molecule has 0 spiro atoms.